The minimum Gasteiger partial charge on any atom is -0.352 e. The SMILES string of the molecule is Cc1ccccc1[C@H](NCC(=O)NC1CC1)C(C)C. The van der Waals surface area contributed by atoms with Crippen molar-refractivity contribution in [1.82, 2.24) is 10.6 Å². The maximum Gasteiger partial charge on any atom is 0.234 e. The summed E-state index contributed by atoms with van der Waals surface area (Å²) >= 11 is 0. The highest BCUT2D eigenvalue weighted by atomic mass is 16.2. The average Bonchev–Trinajstić information content (AvgIpc) is 3.15. The van der Waals surface area contributed by atoms with Gasteiger partial charge in [-0.15, -0.1) is 0 Å². The Morgan fingerprint density at radius 2 is 2.00 bits per heavy atom. The molecule has 2 N–H and O–H groups in total. The number of amides is 1. The van der Waals surface area contributed by atoms with Crippen LogP contribution in [0.1, 0.15) is 43.9 Å². The van der Waals surface area contributed by atoms with E-state index in [4.69, 9.17) is 0 Å². The summed E-state index contributed by atoms with van der Waals surface area (Å²) in [6.07, 6.45) is 2.27. The fourth-order valence-electron chi connectivity index (χ4n) is 2.35. The van der Waals surface area contributed by atoms with E-state index in [2.05, 4.69) is 55.7 Å². The van der Waals surface area contributed by atoms with Crippen LogP contribution in [0.5, 0.6) is 0 Å². The van der Waals surface area contributed by atoms with Crippen LogP contribution >= 0.6 is 0 Å². The van der Waals surface area contributed by atoms with Gasteiger partial charge in [-0.1, -0.05) is 38.1 Å². The Balaban J connectivity index is 1.96. The van der Waals surface area contributed by atoms with Crippen molar-refractivity contribution in [2.45, 2.75) is 45.7 Å². The van der Waals surface area contributed by atoms with E-state index in [9.17, 15) is 4.79 Å². The summed E-state index contributed by atoms with van der Waals surface area (Å²) < 4.78 is 0. The first kappa shape index (κ1) is 14.1. The minimum atomic E-state index is 0.113. The van der Waals surface area contributed by atoms with E-state index in [1.807, 2.05) is 0 Å². The molecule has 1 aliphatic rings. The first-order valence-corrected chi connectivity index (χ1v) is 7.16. The first-order valence-electron chi connectivity index (χ1n) is 7.16. The molecule has 0 bridgehead atoms. The summed E-state index contributed by atoms with van der Waals surface area (Å²) in [5.74, 6) is 0.566. The number of nitrogens with one attached hydrogen (secondary N) is 2. The molecule has 1 aromatic rings. The molecule has 0 radical (unpaired) electrons. The van der Waals surface area contributed by atoms with Crippen LogP contribution in [0.3, 0.4) is 0 Å². The molecule has 0 spiro atoms. The smallest absolute Gasteiger partial charge is 0.234 e. The van der Waals surface area contributed by atoms with E-state index in [1.165, 1.54) is 11.1 Å². The van der Waals surface area contributed by atoms with Crippen LogP contribution in [0.25, 0.3) is 0 Å². The highest BCUT2D eigenvalue weighted by Gasteiger charge is 2.24. The second-order valence-corrected chi connectivity index (χ2v) is 5.80. The number of carbonyl (C=O) groups excluding carboxylic acids is 1. The fraction of sp³-hybridized carbons (Fsp3) is 0.562. The lowest BCUT2D eigenvalue weighted by Crippen LogP contribution is -2.38. The predicted octanol–water partition coefficient (Wildman–Crippen LogP) is 2.56. The predicted molar refractivity (Wildman–Crippen MR) is 77.9 cm³/mol. The van der Waals surface area contributed by atoms with Crippen LogP contribution in [-0.2, 0) is 4.79 Å². The molecule has 1 fully saturated rings. The Morgan fingerprint density at radius 3 is 2.58 bits per heavy atom. The molecular weight excluding hydrogens is 236 g/mol. The van der Waals surface area contributed by atoms with Crippen molar-refractivity contribution in [3.63, 3.8) is 0 Å². The second-order valence-electron chi connectivity index (χ2n) is 5.80. The van der Waals surface area contributed by atoms with Crippen LogP contribution in [0.4, 0.5) is 0 Å². The molecule has 3 heteroatoms. The van der Waals surface area contributed by atoms with Crippen LogP contribution in [0, 0.1) is 12.8 Å². The molecule has 0 unspecified atom stereocenters. The maximum absolute atomic E-state index is 11.8. The number of benzene rings is 1. The zero-order valence-electron chi connectivity index (χ0n) is 12.1. The van der Waals surface area contributed by atoms with Crippen LogP contribution in [0.2, 0.25) is 0 Å². The standard InChI is InChI=1S/C16H24N2O/c1-11(2)16(14-7-5-4-6-12(14)3)17-10-15(19)18-13-8-9-13/h4-7,11,13,16-17H,8-10H2,1-3H3,(H,18,19)/t16-/m1/s1. The van der Waals surface area contributed by atoms with Gasteiger partial charge in [0, 0.05) is 12.1 Å². The summed E-state index contributed by atoms with van der Waals surface area (Å²) in [7, 11) is 0. The zero-order valence-corrected chi connectivity index (χ0v) is 12.1. The van der Waals surface area contributed by atoms with Crippen molar-refractivity contribution >= 4 is 5.91 Å². The summed E-state index contributed by atoms with van der Waals surface area (Å²) in [5, 5.41) is 6.41. The second kappa shape index (κ2) is 6.20. The third-order valence-electron chi connectivity index (χ3n) is 3.62. The fourth-order valence-corrected chi connectivity index (χ4v) is 2.35. The van der Waals surface area contributed by atoms with Gasteiger partial charge in [0.15, 0.2) is 0 Å². The molecule has 0 aliphatic heterocycles. The van der Waals surface area contributed by atoms with Crippen molar-refractivity contribution < 1.29 is 4.79 Å². The normalized spacial score (nSPS) is 16.4. The van der Waals surface area contributed by atoms with Gasteiger partial charge in [-0.2, -0.15) is 0 Å². The van der Waals surface area contributed by atoms with Crippen molar-refractivity contribution in [2.75, 3.05) is 6.54 Å². The quantitative estimate of drug-likeness (QED) is 0.825. The molecule has 0 saturated heterocycles. The summed E-state index contributed by atoms with van der Waals surface area (Å²) in [6.45, 7) is 6.89. The van der Waals surface area contributed by atoms with Gasteiger partial charge in [-0.05, 0) is 36.8 Å². The third-order valence-corrected chi connectivity index (χ3v) is 3.62. The third kappa shape index (κ3) is 4.06. The zero-order chi connectivity index (χ0) is 13.8. The molecule has 0 heterocycles. The molecule has 19 heavy (non-hydrogen) atoms. The molecule has 104 valence electrons. The first-order chi connectivity index (χ1) is 9.08. The van der Waals surface area contributed by atoms with Gasteiger partial charge < -0.3 is 10.6 Å². The molecule has 1 aromatic carbocycles. The monoisotopic (exact) mass is 260 g/mol. The maximum atomic E-state index is 11.8. The van der Waals surface area contributed by atoms with Gasteiger partial charge in [0.05, 0.1) is 6.54 Å². The lowest BCUT2D eigenvalue weighted by molar-refractivity contribution is -0.120. The van der Waals surface area contributed by atoms with Crippen LogP contribution in [-0.4, -0.2) is 18.5 Å². The molecule has 1 saturated carbocycles. The molecular formula is C16H24N2O. The largest absolute Gasteiger partial charge is 0.352 e. The van der Waals surface area contributed by atoms with Crippen molar-refractivity contribution in [3.05, 3.63) is 35.4 Å². The highest BCUT2D eigenvalue weighted by molar-refractivity contribution is 5.78. The topological polar surface area (TPSA) is 41.1 Å². The van der Waals surface area contributed by atoms with Gasteiger partial charge in [0.25, 0.3) is 0 Å². The Morgan fingerprint density at radius 1 is 1.32 bits per heavy atom. The average molecular weight is 260 g/mol. The number of hydrogen-bond donors (Lipinski definition) is 2. The Hall–Kier alpha value is -1.35. The van der Waals surface area contributed by atoms with E-state index < -0.39 is 0 Å². The Bertz CT molecular complexity index is 438. The number of carbonyl (C=O) groups is 1. The number of rotatable bonds is 6. The number of aryl methyl sites for hydroxylation is 1. The lowest BCUT2D eigenvalue weighted by atomic mass is 9.92. The van der Waals surface area contributed by atoms with Crippen LogP contribution in [0.15, 0.2) is 24.3 Å². The van der Waals surface area contributed by atoms with E-state index in [0.29, 0.717) is 18.5 Å². The van der Waals surface area contributed by atoms with Crippen molar-refractivity contribution in [2.24, 2.45) is 5.92 Å². The van der Waals surface area contributed by atoms with Gasteiger partial charge in [0.1, 0.15) is 0 Å². The summed E-state index contributed by atoms with van der Waals surface area (Å²) in [4.78, 5) is 11.8. The van der Waals surface area contributed by atoms with Gasteiger partial charge in [-0.3, -0.25) is 4.79 Å². The molecule has 1 atom stereocenters. The van der Waals surface area contributed by atoms with E-state index >= 15 is 0 Å². The van der Waals surface area contributed by atoms with E-state index in [-0.39, 0.29) is 11.9 Å². The summed E-state index contributed by atoms with van der Waals surface area (Å²) in [5.41, 5.74) is 2.56. The van der Waals surface area contributed by atoms with Crippen molar-refractivity contribution in [1.29, 1.82) is 0 Å². The van der Waals surface area contributed by atoms with Gasteiger partial charge in [-0.25, -0.2) is 0 Å². The molecule has 2 rings (SSSR count). The van der Waals surface area contributed by atoms with Gasteiger partial charge in [0.2, 0.25) is 5.91 Å². The molecule has 3 nitrogen and oxygen atoms in total. The van der Waals surface area contributed by atoms with Crippen molar-refractivity contribution in [3.8, 4) is 0 Å². The Labute approximate surface area is 115 Å². The molecule has 0 aromatic heterocycles. The summed E-state index contributed by atoms with van der Waals surface area (Å²) in [6, 6.07) is 9.04. The highest BCUT2D eigenvalue weighted by Crippen LogP contribution is 2.24. The molecule has 1 amide bonds. The minimum absolute atomic E-state index is 0.113. The lowest BCUT2D eigenvalue weighted by Gasteiger charge is -2.24. The van der Waals surface area contributed by atoms with Crippen LogP contribution < -0.4 is 10.6 Å². The number of hydrogen-bond acceptors (Lipinski definition) is 2. The Kier molecular flexibility index (Phi) is 4.59. The molecule has 1 aliphatic carbocycles. The van der Waals surface area contributed by atoms with E-state index in [1.54, 1.807) is 0 Å². The van der Waals surface area contributed by atoms with Gasteiger partial charge >= 0.3 is 0 Å². The van der Waals surface area contributed by atoms with E-state index in [0.717, 1.165) is 12.8 Å².